The van der Waals surface area contributed by atoms with Crippen molar-refractivity contribution in [2.24, 2.45) is 10.9 Å². The standard InChI is InChI=1S/C13H15N2.Y/c1-2-4-12-11(3-1)9-15-13(12)10-5-7-14-8-6-10;/h1-4,10H,5-9H2;/q-1;. The van der Waals surface area contributed by atoms with Gasteiger partial charge >= 0.3 is 0 Å². The van der Waals surface area contributed by atoms with Crippen LogP contribution in [0.15, 0.2) is 29.3 Å². The van der Waals surface area contributed by atoms with Crippen LogP contribution in [0, 0.1) is 5.92 Å². The van der Waals surface area contributed by atoms with Crippen LogP contribution >= 0.6 is 0 Å². The molecular weight excluding hydrogens is 273 g/mol. The van der Waals surface area contributed by atoms with Gasteiger partial charge in [0.05, 0.1) is 6.54 Å². The molecule has 2 heterocycles. The smallest absolute Gasteiger partial charge is 0.0649 e. The molecule has 1 saturated heterocycles. The summed E-state index contributed by atoms with van der Waals surface area (Å²) >= 11 is 0. The number of benzene rings is 1. The first-order chi connectivity index (χ1) is 7.45. The zero-order chi connectivity index (χ0) is 10.1. The van der Waals surface area contributed by atoms with E-state index in [-0.39, 0.29) is 32.7 Å². The average Bonchev–Trinajstić information content (AvgIpc) is 2.74. The Hall–Kier alpha value is -0.0461. The van der Waals surface area contributed by atoms with Gasteiger partial charge in [-0.3, -0.25) is 4.99 Å². The third-order valence-electron chi connectivity index (χ3n) is 3.37. The summed E-state index contributed by atoms with van der Waals surface area (Å²) in [7, 11) is 0. The minimum atomic E-state index is 0. The van der Waals surface area contributed by atoms with Gasteiger partial charge in [-0.05, 0) is 11.5 Å². The number of aliphatic imine (C=N–C) groups is 1. The monoisotopic (exact) mass is 288 g/mol. The Balaban J connectivity index is 0.000000963. The Morgan fingerprint density at radius 2 is 1.88 bits per heavy atom. The minimum absolute atomic E-state index is 0. The molecule has 0 unspecified atom stereocenters. The van der Waals surface area contributed by atoms with Crippen LogP contribution in [0.3, 0.4) is 0 Å². The molecule has 3 heteroatoms. The largest absolute Gasteiger partial charge is 0.662 e. The molecule has 0 aromatic heterocycles. The molecule has 0 aliphatic carbocycles. The summed E-state index contributed by atoms with van der Waals surface area (Å²) in [6.45, 7) is 2.93. The van der Waals surface area contributed by atoms with E-state index in [9.17, 15) is 0 Å². The van der Waals surface area contributed by atoms with Gasteiger partial charge in [-0.1, -0.05) is 37.1 Å². The number of fused-ring (bicyclic) bond motifs is 1. The van der Waals surface area contributed by atoms with Crippen molar-refractivity contribution < 1.29 is 32.7 Å². The van der Waals surface area contributed by atoms with Crippen LogP contribution in [-0.4, -0.2) is 18.8 Å². The van der Waals surface area contributed by atoms with Gasteiger partial charge < -0.3 is 5.32 Å². The summed E-state index contributed by atoms with van der Waals surface area (Å²) in [5, 5.41) is 4.40. The molecule has 0 atom stereocenters. The maximum absolute atomic E-state index is 4.70. The fourth-order valence-corrected chi connectivity index (χ4v) is 2.54. The SMILES string of the molecule is [Y].c1ccc2c(c1)CN=C2C1CC[N-]CC1. The molecule has 1 radical (unpaired) electrons. The fraction of sp³-hybridized carbons (Fsp3) is 0.462. The van der Waals surface area contributed by atoms with Crippen LogP contribution in [0.25, 0.3) is 5.32 Å². The van der Waals surface area contributed by atoms with Crippen molar-refractivity contribution in [1.82, 2.24) is 0 Å². The number of hydrogen-bond acceptors (Lipinski definition) is 1. The molecule has 0 saturated carbocycles. The van der Waals surface area contributed by atoms with Crippen LogP contribution in [0.1, 0.15) is 24.0 Å². The minimum Gasteiger partial charge on any atom is -0.662 e. The zero-order valence-corrected chi connectivity index (χ0v) is 12.2. The van der Waals surface area contributed by atoms with E-state index >= 15 is 0 Å². The van der Waals surface area contributed by atoms with Gasteiger partial charge in [-0.2, -0.15) is 0 Å². The van der Waals surface area contributed by atoms with E-state index in [0.29, 0.717) is 5.92 Å². The summed E-state index contributed by atoms with van der Waals surface area (Å²) in [5.74, 6) is 0.658. The number of rotatable bonds is 1. The molecule has 3 rings (SSSR count). The molecule has 1 fully saturated rings. The summed E-state index contributed by atoms with van der Waals surface area (Å²) < 4.78 is 0. The van der Waals surface area contributed by atoms with Crippen LogP contribution in [0.5, 0.6) is 0 Å². The third-order valence-corrected chi connectivity index (χ3v) is 3.37. The molecule has 1 aromatic rings. The van der Waals surface area contributed by atoms with Crippen LogP contribution in [0.4, 0.5) is 0 Å². The molecule has 81 valence electrons. The maximum atomic E-state index is 4.70. The predicted octanol–water partition coefficient (Wildman–Crippen LogP) is 2.77. The number of piperidine rings is 1. The maximum Gasteiger partial charge on any atom is 0.0649 e. The van der Waals surface area contributed by atoms with Gasteiger partial charge in [0.25, 0.3) is 0 Å². The molecule has 0 bridgehead atoms. The predicted molar refractivity (Wildman–Crippen MR) is 62.5 cm³/mol. The Morgan fingerprint density at radius 3 is 2.69 bits per heavy atom. The molecule has 0 amide bonds. The molecular formula is C13H15N2Y-. The second-order valence-corrected chi connectivity index (χ2v) is 4.30. The van der Waals surface area contributed by atoms with Crippen LogP contribution in [0.2, 0.25) is 0 Å². The Morgan fingerprint density at radius 1 is 1.12 bits per heavy atom. The van der Waals surface area contributed by atoms with E-state index in [1.807, 2.05) is 0 Å². The van der Waals surface area contributed by atoms with Gasteiger partial charge in [0.1, 0.15) is 0 Å². The summed E-state index contributed by atoms with van der Waals surface area (Å²) in [5.41, 5.74) is 4.14. The van der Waals surface area contributed by atoms with Gasteiger partial charge in [-0.25, -0.2) is 0 Å². The van der Waals surface area contributed by atoms with E-state index in [4.69, 9.17) is 4.99 Å². The molecule has 2 aliphatic heterocycles. The quantitative estimate of drug-likeness (QED) is 0.759. The molecule has 2 aliphatic rings. The molecule has 0 spiro atoms. The topological polar surface area (TPSA) is 26.5 Å². The Labute approximate surface area is 122 Å². The van der Waals surface area contributed by atoms with Gasteiger partial charge in [-0.15, -0.1) is 13.1 Å². The van der Waals surface area contributed by atoms with E-state index in [1.54, 1.807) is 0 Å². The van der Waals surface area contributed by atoms with E-state index < -0.39 is 0 Å². The zero-order valence-electron chi connectivity index (χ0n) is 9.39. The molecule has 0 N–H and O–H groups in total. The van der Waals surface area contributed by atoms with E-state index in [2.05, 4.69) is 29.6 Å². The summed E-state index contributed by atoms with van der Waals surface area (Å²) in [4.78, 5) is 4.70. The Bertz CT molecular complexity index is 395. The average molecular weight is 288 g/mol. The van der Waals surface area contributed by atoms with Crippen molar-refractivity contribution in [1.29, 1.82) is 0 Å². The second kappa shape index (κ2) is 5.53. The first kappa shape index (κ1) is 12.4. The van der Waals surface area contributed by atoms with Crippen molar-refractivity contribution in [3.8, 4) is 0 Å². The first-order valence-corrected chi connectivity index (χ1v) is 5.71. The normalized spacial score (nSPS) is 19.9. The van der Waals surface area contributed by atoms with Crippen molar-refractivity contribution in [3.05, 3.63) is 40.7 Å². The third kappa shape index (κ3) is 2.29. The molecule has 2 nitrogen and oxygen atoms in total. The van der Waals surface area contributed by atoms with Crippen LogP contribution < -0.4 is 0 Å². The van der Waals surface area contributed by atoms with Crippen molar-refractivity contribution >= 4 is 5.71 Å². The van der Waals surface area contributed by atoms with Crippen LogP contribution in [-0.2, 0) is 39.3 Å². The van der Waals surface area contributed by atoms with E-state index in [1.165, 1.54) is 29.7 Å². The first-order valence-electron chi connectivity index (χ1n) is 5.71. The van der Waals surface area contributed by atoms with Gasteiger partial charge in [0.15, 0.2) is 0 Å². The van der Waals surface area contributed by atoms with Gasteiger partial charge in [0, 0.05) is 44.0 Å². The molecule has 16 heavy (non-hydrogen) atoms. The number of hydrogen-bond donors (Lipinski definition) is 0. The van der Waals surface area contributed by atoms with Crippen molar-refractivity contribution in [2.75, 3.05) is 13.1 Å². The second-order valence-electron chi connectivity index (χ2n) is 4.30. The summed E-state index contributed by atoms with van der Waals surface area (Å²) in [6.07, 6.45) is 2.38. The summed E-state index contributed by atoms with van der Waals surface area (Å²) in [6, 6.07) is 8.63. The van der Waals surface area contributed by atoms with Crippen molar-refractivity contribution in [2.45, 2.75) is 19.4 Å². The molecule has 1 aromatic carbocycles. The van der Waals surface area contributed by atoms with Gasteiger partial charge in [0.2, 0.25) is 0 Å². The fourth-order valence-electron chi connectivity index (χ4n) is 2.54. The Kier molecular flexibility index (Phi) is 4.29. The number of nitrogens with zero attached hydrogens (tertiary/aromatic N) is 2. The van der Waals surface area contributed by atoms with Crippen molar-refractivity contribution in [3.63, 3.8) is 0 Å². The van der Waals surface area contributed by atoms with E-state index in [0.717, 1.165) is 19.6 Å².